The van der Waals surface area contributed by atoms with Crippen molar-refractivity contribution in [2.75, 3.05) is 0 Å². The summed E-state index contributed by atoms with van der Waals surface area (Å²) >= 11 is 12.3. The number of aromatic carboxylic acids is 1. The lowest BCUT2D eigenvalue weighted by Gasteiger charge is -1.95. The Bertz CT molecular complexity index is 565. The van der Waals surface area contributed by atoms with Crippen LogP contribution >= 0.6 is 34.5 Å². The van der Waals surface area contributed by atoms with Gasteiger partial charge in [0.05, 0.1) is 10.0 Å². The fourth-order valence-electron chi connectivity index (χ4n) is 1.23. The first-order chi connectivity index (χ1) is 7.02. The summed E-state index contributed by atoms with van der Waals surface area (Å²) in [7, 11) is 0. The van der Waals surface area contributed by atoms with Gasteiger partial charge in [0.25, 0.3) is 0 Å². The number of halogens is 3. The third-order valence-corrected chi connectivity index (χ3v) is 3.81. The molecule has 0 spiro atoms. The summed E-state index contributed by atoms with van der Waals surface area (Å²) in [6.07, 6.45) is 0. The summed E-state index contributed by atoms with van der Waals surface area (Å²) in [5.74, 6) is -1.85. The van der Waals surface area contributed by atoms with Crippen LogP contribution in [0.3, 0.4) is 0 Å². The van der Waals surface area contributed by atoms with Gasteiger partial charge in [0.1, 0.15) is 4.88 Å². The molecule has 0 bridgehead atoms. The van der Waals surface area contributed by atoms with Gasteiger partial charge in [-0.1, -0.05) is 23.2 Å². The highest BCUT2D eigenvalue weighted by molar-refractivity contribution is 7.21. The number of carboxylic acid groups (broad SMARTS) is 1. The first-order valence-corrected chi connectivity index (χ1v) is 5.39. The summed E-state index contributed by atoms with van der Waals surface area (Å²) in [6.45, 7) is 0. The summed E-state index contributed by atoms with van der Waals surface area (Å²) in [5, 5.41) is 8.71. The standard InChI is InChI=1S/C9H3Cl2FO2S/c10-3-1-2-4-5(7(3)12)6(11)8(15-4)9(13)14/h1-2H,(H,13,14). The van der Waals surface area contributed by atoms with Crippen LogP contribution in [0.4, 0.5) is 4.39 Å². The van der Waals surface area contributed by atoms with Crippen LogP contribution in [0.5, 0.6) is 0 Å². The minimum absolute atomic E-state index is 0.0702. The molecule has 2 aromatic rings. The zero-order valence-corrected chi connectivity index (χ0v) is 9.38. The minimum Gasteiger partial charge on any atom is -0.477 e. The first-order valence-electron chi connectivity index (χ1n) is 3.81. The zero-order chi connectivity index (χ0) is 11.2. The van der Waals surface area contributed by atoms with Gasteiger partial charge < -0.3 is 5.11 Å². The van der Waals surface area contributed by atoms with Gasteiger partial charge in [-0.3, -0.25) is 0 Å². The Balaban J connectivity index is 2.89. The highest BCUT2D eigenvalue weighted by Crippen LogP contribution is 2.38. The van der Waals surface area contributed by atoms with Crippen molar-refractivity contribution in [3.05, 3.63) is 32.9 Å². The summed E-state index contributed by atoms with van der Waals surface area (Å²) in [4.78, 5) is 10.7. The van der Waals surface area contributed by atoms with Crippen molar-refractivity contribution in [2.24, 2.45) is 0 Å². The van der Waals surface area contributed by atoms with Crippen LogP contribution in [-0.2, 0) is 0 Å². The lowest BCUT2D eigenvalue weighted by atomic mass is 10.2. The molecule has 0 fully saturated rings. The molecule has 0 amide bonds. The van der Waals surface area contributed by atoms with Gasteiger partial charge in [0, 0.05) is 10.1 Å². The van der Waals surface area contributed by atoms with E-state index in [0.29, 0.717) is 4.70 Å². The van der Waals surface area contributed by atoms with E-state index in [2.05, 4.69) is 0 Å². The average molecular weight is 265 g/mol. The van der Waals surface area contributed by atoms with E-state index in [9.17, 15) is 9.18 Å². The normalized spacial score (nSPS) is 10.9. The van der Waals surface area contributed by atoms with Crippen molar-refractivity contribution in [2.45, 2.75) is 0 Å². The molecular formula is C9H3Cl2FO2S. The van der Waals surface area contributed by atoms with Crippen LogP contribution in [0, 0.1) is 5.82 Å². The number of hydrogen-bond donors (Lipinski definition) is 1. The van der Waals surface area contributed by atoms with Crippen molar-refractivity contribution in [1.29, 1.82) is 0 Å². The fourth-order valence-corrected chi connectivity index (χ4v) is 2.75. The second kappa shape index (κ2) is 3.63. The van der Waals surface area contributed by atoms with Crippen molar-refractivity contribution in [3.63, 3.8) is 0 Å². The van der Waals surface area contributed by atoms with E-state index in [-0.39, 0.29) is 20.3 Å². The molecule has 0 aliphatic carbocycles. The number of carbonyl (C=O) groups is 1. The number of fused-ring (bicyclic) bond motifs is 1. The number of carboxylic acids is 1. The predicted molar refractivity (Wildman–Crippen MR) is 58.8 cm³/mol. The number of rotatable bonds is 1. The lowest BCUT2D eigenvalue weighted by molar-refractivity contribution is 0.0702. The molecule has 0 aliphatic rings. The maximum Gasteiger partial charge on any atom is 0.347 e. The molecule has 0 saturated carbocycles. The molecule has 78 valence electrons. The van der Waals surface area contributed by atoms with Crippen LogP contribution < -0.4 is 0 Å². The van der Waals surface area contributed by atoms with Crippen LogP contribution in [0.25, 0.3) is 10.1 Å². The Morgan fingerprint density at radius 3 is 2.67 bits per heavy atom. The molecule has 6 heteroatoms. The predicted octanol–water partition coefficient (Wildman–Crippen LogP) is 4.05. The van der Waals surface area contributed by atoms with Gasteiger partial charge in [-0.15, -0.1) is 11.3 Å². The van der Waals surface area contributed by atoms with Crippen molar-refractivity contribution in [3.8, 4) is 0 Å². The monoisotopic (exact) mass is 264 g/mol. The first kappa shape index (κ1) is 10.7. The number of thiophene rings is 1. The molecular weight excluding hydrogens is 262 g/mol. The van der Waals surface area contributed by atoms with E-state index in [1.54, 1.807) is 6.07 Å². The van der Waals surface area contributed by atoms with Crippen LogP contribution in [-0.4, -0.2) is 11.1 Å². The Morgan fingerprint density at radius 1 is 1.40 bits per heavy atom. The molecule has 0 saturated heterocycles. The van der Waals surface area contributed by atoms with Gasteiger partial charge in [-0.25, -0.2) is 9.18 Å². The van der Waals surface area contributed by atoms with Crippen LogP contribution in [0.1, 0.15) is 9.67 Å². The zero-order valence-electron chi connectivity index (χ0n) is 7.05. The lowest BCUT2D eigenvalue weighted by Crippen LogP contribution is -1.91. The van der Waals surface area contributed by atoms with E-state index in [1.807, 2.05) is 0 Å². The Morgan fingerprint density at radius 2 is 2.07 bits per heavy atom. The van der Waals surface area contributed by atoms with E-state index in [0.717, 1.165) is 11.3 Å². The minimum atomic E-state index is -1.17. The Hall–Kier alpha value is -0.840. The van der Waals surface area contributed by atoms with Gasteiger partial charge in [-0.2, -0.15) is 0 Å². The molecule has 2 nitrogen and oxygen atoms in total. The van der Waals surface area contributed by atoms with Crippen LogP contribution in [0.15, 0.2) is 12.1 Å². The fraction of sp³-hybridized carbons (Fsp3) is 0. The second-order valence-corrected chi connectivity index (χ2v) is 4.62. The van der Waals surface area contributed by atoms with Gasteiger partial charge in [-0.05, 0) is 12.1 Å². The summed E-state index contributed by atoms with van der Waals surface area (Å²) in [6, 6.07) is 2.92. The maximum atomic E-state index is 13.5. The van der Waals surface area contributed by atoms with E-state index in [4.69, 9.17) is 28.3 Å². The molecule has 1 heterocycles. The van der Waals surface area contributed by atoms with Crippen molar-refractivity contribution in [1.82, 2.24) is 0 Å². The molecule has 0 atom stereocenters. The Labute approximate surface area is 97.8 Å². The number of hydrogen-bond acceptors (Lipinski definition) is 2. The molecule has 1 N–H and O–H groups in total. The van der Waals surface area contributed by atoms with Crippen molar-refractivity contribution >= 4 is 50.6 Å². The highest BCUT2D eigenvalue weighted by Gasteiger charge is 2.19. The van der Waals surface area contributed by atoms with Gasteiger partial charge in [0.2, 0.25) is 0 Å². The Kier molecular flexibility index (Phi) is 2.58. The highest BCUT2D eigenvalue weighted by atomic mass is 35.5. The third kappa shape index (κ3) is 1.58. The smallest absolute Gasteiger partial charge is 0.347 e. The quantitative estimate of drug-likeness (QED) is 0.844. The largest absolute Gasteiger partial charge is 0.477 e. The molecule has 1 aromatic heterocycles. The van der Waals surface area contributed by atoms with E-state index < -0.39 is 11.8 Å². The molecule has 0 unspecified atom stereocenters. The van der Waals surface area contributed by atoms with Gasteiger partial charge >= 0.3 is 5.97 Å². The van der Waals surface area contributed by atoms with Crippen LogP contribution in [0.2, 0.25) is 10.0 Å². The average Bonchev–Trinajstić information content (AvgIpc) is 2.50. The topological polar surface area (TPSA) is 37.3 Å². The SMILES string of the molecule is O=C(O)c1sc2ccc(Cl)c(F)c2c1Cl. The number of benzene rings is 1. The van der Waals surface area contributed by atoms with Gasteiger partial charge in [0.15, 0.2) is 5.82 Å². The summed E-state index contributed by atoms with van der Waals surface area (Å²) < 4.78 is 14.0. The second-order valence-electron chi connectivity index (χ2n) is 2.78. The van der Waals surface area contributed by atoms with E-state index in [1.165, 1.54) is 6.07 Å². The third-order valence-electron chi connectivity index (χ3n) is 1.88. The molecule has 15 heavy (non-hydrogen) atoms. The molecule has 0 aliphatic heterocycles. The molecule has 1 aromatic carbocycles. The molecule has 0 radical (unpaired) electrons. The van der Waals surface area contributed by atoms with E-state index >= 15 is 0 Å². The summed E-state index contributed by atoms with van der Waals surface area (Å²) in [5.41, 5.74) is 0. The molecule has 2 rings (SSSR count). The van der Waals surface area contributed by atoms with Crippen molar-refractivity contribution < 1.29 is 14.3 Å². The maximum absolute atomic E-state index is 13.5.